The van der Waals surface area contributed by atoms with Gasteiger partial charge in [0.25, 0.3) is 0 Å². The number of nitrogens with two attached hydrogens (primary N) is 1. The van der Waals surface area contributed by atoms with Crippen molar-refractivity contribution >= 4 is 23.6 Å². The van der Waals surface area contributed by atoms with Gasteiger partial charge in [-0.3, -0.25) is 24.1 Å². The zero-order valence-corrected chi connectivity index (χ0v) is 25.7. The normalized spacial score (nSPS) is 35.8. The van der Waals surface area contributed by atoms with Gasteiger partial charge in [0.15, 0.2) is 18.9 Å². The Morgan fingerprint density at radius 3 is 2.04 bits per heavy atom. The number of hydrogen-bond acceptors (Lipinski definition) is 15. The fraction of sp³-hybridized carbons (Fsp3) is 0.852. The van der Waals surface area contributed by atoms with Gasteiger partial charge in [-0.1, -0.05) is 6.42 Å². The smallest absolute Gasteiger partial charge is 0.234 e. The van der Waals surface area contributed by atoms with Crippen molar-refractivity contribution in [3.05, 3.63) is 0 Å². The van der Waals surface area contributed by atoms with Crippen molar-refractivity contribution in [1.82, 2.24) is 20.9 Å². The molecule has 0 aromatic heterocycles. The molecule has 0 aromatic rings. The third-order valence-electron chi connectivity index (χ3n) is 7.54. The second-order valence-electron chi connectivity index (χ2n) is 11.3. The molecule has 10 atom stereocenters. The summed E-state index contributed by atoms with van der Waals surface area (Å²) in [7, 11) is 0. The van der Waals surface area contributed by atoms with Gasteiger partial charge in [0.1, 0.15) is 36.6 Å². The van der Waals surface area contributed by atoms with Gasteiger partial charge in [0, 0.05) is 26.1 Å². The number of nitrogens with one attached hydrogen (secondary N) is 3. The topological polar surface area (TPSA) is 281 Å². The Balaban J connectivity index is 1.66. The van der Waals surface area contributed by atoms with E-state index in [1.807, 2.05) is 0 Å². The van der Waals surface area contributed by atoms with E-state index in [0.717, 1.165) is 0 Å². The van der Waals surface area contributed by atoms with Crippen LogP contribution in [-0.4, -0.2) is 168 Å². The molecule has 19 nitrogen and oxygen atoms in total. The summed E-state index contributed by atoms with van der Waals surface area (Å²) in [6.45, 7) is 0.369. The van der Waals surface area contributed by atoms with Crippen LogP contribution in [0.2, 0.25) is 0 Å². The predicted molar refractivity (Wildman–Crippen MR) is 153 cm³/mol. The summed E-state index contributed by atoms with van der Waals surface area (Å²) in [5.41, 5.74) is 5.12. The molecular weight excluding hydrogens is 618 g/mol. The highest BCUT2D eigenvalue weighted by molar-refractivity contribution is 5.84. The van der Waals surface area contributed by atoms with Crippen LogP contribution in [0.5, 0.6) is 0 Å². The van der Waals surface area contributed by atoms with Crippen LogP contribution >= 0.6 is 0 Å². The number of carbonyl (C=O) groups is 4. The molecule has 46 heavy (non-hydrogen) atoms. The van der Waals surface area contributed by atoms with Crippen LogP contribution in [0.15, 0.2) is 0 Å². The summed E-state index contributed by atoms with van der Waals surface area (Å²) < 4.78 is 28.0. The number of primary amides is 1. The number of unbranched alkanes of at least 4 members (excludes halogenated alkanes) is 2. The third-order valence-corrected chi connectivity index (χ3v) is 7.54. The molecule has 19 heteroatoms. The molecular formula is C27H47N5O14. The summed E-state index contributed by atoms with van der Waals surface area (Å²) in [4.78, 5) is 50.1. The van der Waals surface area contributed by atoms with Crippen molar-refractivity contribution in [2.75, 3.05) is 52.5 Å². The molecule has 10 N–H and O–H groups in total. The Kier molecular flexibility index (Phi) is 15.4. The Bertz CT molecular complexity index is 1010. The zero-order chi connectivity index (χ0) is 33.8. The first kappa shape index (κ1) is 37.9. The number of amides is 4. The summed E-state index contributed by atoms with van der Waals surface area (Å²) in [6.07, 6.45) is -13.0. The van der Waals surface area contributed by atoms with Crippen molar-refractivity contribution in [2.24, 2.45) is 5.73 Å². The van der Waals surface area contributed by atoms with Crippen molar-refractivity contribution in [2.45, 2.75) is 94.2 Å². The molecule has 0 radical (unpaired) electrons. The van der Waals surface area contributed by atoms with Crippen molar-refractivity contribution < 1.29 is 68.4 Å². The minimum Gasteiger partial charge on any atom is -0.388 e. The van der Waals surface area contributed by atoms with Gasteiger partial charge in [-0.05, 0) is 19.8 Å². The molecule has 4 amide bonds. The lowest BCUT2D eigenvalue weighted by molar-refractivity contribution is -0.387. The Morgan fingerprint density at radius 2 is 1.41 bits per heavy atom. The van der Waals surface area contributed by atoms with Crippen molar-refractivity contribution in [3.63, 3.8) is 0 Å². The molecule has 3 heterocycles. The molecule has 0 saturated carbocycles. The minimum atomic E-state index is -1.79. The number of aliphatic hydroxyl groups is 5. The lowest BCUT2D eigenvalue weighted by Crippen LogP contribution is -2.64. The number of carbonyl (C=O) groups excluding carboxylic acids is 4. The average molecular weight is 666 g/mol. The highest BCUT2D eigenvalue weighted by Crippen LogP contribution is 2.29. The molecule has 3 aliphatic rings. The van der Waals surface area contributed by atoms with Crippen molar-refractivity contribution in [3.8, 4) is 0 Å². The summed E-state index contributed by atoms with van der Waals surface area (Å²) in [6, 6.07) is 0. The number of ether oxygens (including phenoxy) is 5. The van der Waals surface area contributed by atoms with Crippen LogP contribution in [0.4, 0.5) is 0 Å². The van der Waals surface area contributed by atoms with Gasteiger partial charge < -0.3 is 70.9 Å². The van der Waals surface area contributed by atoms with Gasteiger partial charge in [-0.2, -0.15) is 0 Å². The van der Waals surface area contributed by atoms with Crippen LogP contribution in [0.1, 0.15) is 32.6 Å². The lowest BCUT2D eigenvalue weighted by Gasteiger charge is -2.45. The van der Waals surface area contributed by atoms with E-state index in [0.29, 0.717) is 25.8 Å². The van der Waals surface area contributed by atoms with Gasteiger partial charge in [-0.15, -0.1) is 0 Å². The maximum atomic E-state index is 12.7. The van der Waals surface area contributed by atoms with Gasteiger partial charge >= 0.3 is 0 Å². The van der Waals surface area contributed by atoms with Gasteiger partial charge in [0.2, 0.25) is 23.6 Å². The fourth-order valence-corrected chi connectivity index (χ4v) is 5.01. The summed E-state index contributed by atoms with van der Waals surface area (Å²) in [5.74, 6) is -1.88. The molecule has 3 saturated heterocycles. The molecule has 2 bridgehead atoms. The van der Waals surface area contributed by atoms with E-state index in [-0.39, 0.29) is 52.4 Å². The molecule has 0 aromatic carbocycles. The van der Waals surface area contributed by atoms with Gasteiger partial charge in [0.05, 0.1) is 39.0 Å². The molecule has 3 rings (SSSR count). The predicted octanol–water partition coefficient (Wildman–Crippen LogP) is -5.65. The number of rotatable bonds is 8. The molecule has 0 unspecified atom stereocenters. The molecule has 0 aliphatic carbocycles. The standard InChI is InChI=1S/C27H47N5O14/c1-14-19(37)21(39)24-27(44-14)43-10-8-31-18(36)13-32(11-16(34)29-6-4-2-3-5-15(28)33)12-17(35)30-7-9-42-25-22(40)20(38)23(41)26(45-24)46-25/h14,19-27,37-41H,2-13H2,1H3,(H2,28,33)(H,29,34)(H,30,35)(H,31,36)/t14-,19+,20-,21+,22-,23-,24-,25+,26+,27+/m0/s1. The maximum Gasteiger partial charge on any atom is 0.234 e. The van der Waals surface area contributed by atoms with E-state index in [4.69, 9.17) is 29.4 Å². The highest BCUT2D eigenvalue weighted by atomic mass is 16.8. The summed E-state index contributed by atoms with van der Waals surface area (Å²) >= 11 is 0. The second-order valence-corrected chi connectivity index (χ2v) is 11.3. The first-order valence-corrected chi connectivity index (χ1v) is 15.3. The first-order valence-electron chi connectivity index (χ1n) is 15.3. The SMILES string of the molecule is C[C@@H]1O[C@H]2OCCNC(=O)CN(CC(=O)NCCCCCC(N)=O)CC(=O)NCCO[C@@H]3O[C@@H](O[C@H]2[C@H](O)[C@@H]1O)[C@@H](O)[C@@H](O)[C@@H]3O. The van der Waals surface area contributed by atoms with Crippen LogP contribution in [-0.2, 0) is 42.9 Å². The number of aliphatic hydroxyl groups excluding tert-OH is 5. The van der Waals surface area contributed by atoms with Gasteiger partial charge in [-0.25, -0.2) is 0 Å². The highest BCUT2D eigenvalue weighted by Gasteiger charge is 2.50. The Hall–Kier alpha value is -2.56. The van der Waals surface area contributed by atoms with E-state index in [1.165, 1.54) is 11.8 Å². The number of hydrogen-bond donors (Lipinski definition) is 9. The quantitative estimate of drug-likeness (QED) is 0.109. The van der Waals surface area contributed by atoms with Crippen LogP contribution < -0.4 is 21.7 Å². The average Bonchev–Trinajstić information content (AvgIpc) is 2.99. The van der Waals surface area contributed by atoms with E-state index >= 15 is 0 Å². The monoisotopic (exact) mass is 665 g/mol. The third kappa shape index (κ3) is 11.6. The number of fused-ring (bicyclic) bond motifs is 3. The van der Waals surface area contributed by atoms with Crippen molar-refractivity contribution in [1.29, 1.82) is 0 Å². The zero-order valence-electron chi connectivity index (χ0n) is 25.7. The second kappa shape index (κ2) is 18.7. The molecule has 3 aliphatic heterocycles. The Labute approximate surface area is 265 Å². The van der Waals surface area contributed by atoms with Crippen LogP contribution in [0.3, 0.4) is 0 Å². The van der Waals surface area contributed by atoms with E-state index in [2.05, 4.69) is 16.0 Å². The van der Waals surface area contributed by atoms with Crippen LogP contribution in [0.25, 0.3) is 0 Å². The first-order chi connectivity index (χ1) is 21.9. The maximum absolute atomic E-state index is 12.7. The fourth-order valence-electron chi connectivity index (χ4n) is 5.01. The largest absolute Gasteiger partial charge is 0.388 e. The Morgan fingerprint density at radius 1 is 0.804 bits per heavy atom. The van der Waals surface area contributed by atoms with E-state index in [9.17, 15) is 44.7 Å². The molecule has 0 spiro atoms. The number of nitrogens with zero attached hydrogens (tertiary/aromatic N) is 1. The molecule has 264 valence electrons. The molecule has 3 fully saturated rings. The minimum absolute atomic E-state index is 0.0562. The van der Waals surface area contributed by atoms with E-state index < -0.39 is 85.2 Å². The van der Waals surface area contributed by atoms with Crippen LogP contribution in [0, 0.1) is 0 Å². The van der Waals surface area contributed by atoms with E-state index in [1.54, 1.807) is 0 Å². The summed E-state index contributed by atoms with van der Waals surface area (Å²) in [5, 5.41) is 60.3. The lowest BCUT2D eigenvalue weighted by atomic mass is 9.99.